The van der Waals surface area contributed by atoms with Crippen LogP contribution in [-0.2, 0) is 6.61 Å². The van der Waals surface area contributed by atoms with Crippen molar-refractivity contribution in [2.45, 2.75) is 13.5 Å². The average molecular weight is 557 g/mol. The van der Waals surface area contributed by atoms with Crippen LogP contribution in [0.3, 0.4) is 0 Å². The standard InChI is InChI=1S/C30H21ClN2O5S/c1-17-7-14-23(38-17)27(34)25-26(19-8-11-21(12-9-19)37-16-18-5-3-2-4-6-18)33(29(36)28(25)35)30-32-22-13-10-20(31)15-24(22)39-30/h2-15,35-36H,16H2,1H3. The normalized spacial score (nSPS) is 11.2. The first-order chi connectivity index (χ1) is 18.9. The van der Waals surface area contributed by atoms with E-state index in [2.05, 4.69) is 4.98 Å². The molecule has 7 nitrogen and oxygen atoms in total. The highest BCUT2D eigenvalue weighted by molar-refractivity contribution is 7.20. The molecule has 3 aromatic heterocycles. The molecule has 39 heavy (non-hydrogen) atoms. The summed E-state index contributed by atoms with van der Waals surface area (Å²) in [7, 11) is 0. The third-order valence-electron chi connectivity index (χ3n) is 6.22. The number of carbonyl (C=O) groups is 1. The number of halogens is 1. The average Bonchev–Trinajstić information content (AvgIpc) is 3.63. The van der Waals surface area contributed by atoms with E-state index in [0.717, 1.165) is 10.3 Å². The molecule has 0 fully saturated rings. The number of rotatable bonds is 7. The monoisotopic (exact) mass is 556 g/mol. The van der Waals surface area contributed by atoms with Crippen molar-refractivity contribution >= 4 is 38.9 Å². The van der Waals surface area contributed by atoms with E-state index in [0.29, 0.717) is 39.4 Å². The summed E-state index contributed by atoms with van der Waals surface area (Å²) in [6.07, 6.45) is 0. The number of benzene rings is 3. The molecule has 0 aliphatic carbocycles. The zero-order chi connectivity index (χ0) is 27.1. The number of nitrogens with zero attached hydrogens (tertiary/aromatic N) is 2. The number of fused-ring (bicyclic) bond motifs is 1. The van der Waals surface area contributed by atoms with Gasteiger partial charge in [0.2, 0.25) is 11.7 Å². The Morgan fingerprint density at radius 2 is 1.79 bits per heavy atom. The predicted octanol–water partition coefficient (Wildman–Crippen LogP) is 7.53. The minimum absolute atomic E-state index is 0.0418. The molecule has 0 aliphatic heterocycles. The molecular formula is C30H21ClN2O5S. The Bertz CT molecular complexity index is 1820. The van der Waals surface area contributed by atoms with Crippen LogP contribution in [0.1, 0.15) is 27.4 Å². The molecule has 3 aromatic carbocycles. The first-order valence-corrected chi connectivity index (χ1v) is 13.2. The van der Waals surface area contributed by atoms with Crippen molar-refractivity contribution in [3.05, 3.63) is 113 Å². The van der Waals surface area contributed by atoms with E-state index < -0.39 is 17.4 Å². The number of carbonyl (C=O) groups excluding carboxylic acids is 1. The van der Waals surface area contributed by atoms with Gasteiger partial charge in [0.25, 0.3) is 0 Å². The molecule has 0 unspecified atom stereocenters. The van der Waals surface area contributed by atoms with E-state index in [1.807, 2.05) is 30.3 Å². The van der Waals surface area contributed by atoms with E-state index in [1.54, 1.807) is 55.5 Å². The molecule has 6 rings (SSSR count). The first-order valence-electron chi connectivity index (χ1n) is 12.0. The van der Waals surface area contributed by atoms with Crippen molar-refractivity contribution in [2.75, 3.05) is 0 Å². The molecule has 0 atom stereocenters. The Labute approximate surface area is 232 Å². The van der Waals surface area contributed by atoms with Gasteiger partial charge in [0, 0.05) is 5.02 Å². The van der Waals surface area contributed by atoms with Gasteiger partial charge in [-0.3, -0.25) is 9.36 Å². The summed E-state index contributed by atoms with van der Waals surface area (Å²) in [5, 5.41) is 23.1. The van der Waals surface area contributed by atoms with Crippen LogP contribution in [0.15, 0.2) is 89.3 Å². The third kappa shape index (κ3) is 4.65. The lowest BCUT2D eigenvalue weighted by molar-refractivity contribution is 0.101. The largest absolute Gasteiger partial charge is 0.503 e. The summed E-state index contributed by atoms with van der Waals surface area (Å²) >= 11 is 7.44. The van der Waals surface area contributed by atoms with Crippen LogP contribution in [0.5, 0.6) is 17.4 Å². The van der Waals surface area contributed by atoms with Crippen molar-refractivity contribution in [3.8, 4) is 33.8 Å². The van der Waals surface area contributed by atoms with Crippen molar-refractivity contribution in [2.24, 2.45) is 0 Å². The van der Waals surface area contributed by atoms with Crippen LogP contribution >= 0.6 is 22.9 Å². The van der Waals surface area contributed by atoms with Gasteiger partial charge in [0.15, 0.2) is 16.6 Å². The van der Waals surface area contributed by atoms with E-state index in [4.69, 9.17) is 20.8 Å². The molecule has 3 heterocycles. The number of aromatic nitrogens is 2. The molecule has 0 radical (unpaired) electrons. The SMILES string of the molecule is Cc1ccc(C(=O)c2c(O)c(O)n(-c3nc4ccc(Cl)cc4s3)c2-c2ccc(OCc3ccccc3)cc2)o1. The van der Waals surface area contributed by atoms with Crippen molar-refractivity contribution in [1.29, 1.82) is 0 Å². The molecule has 6 aromatic rings. The highest BCUT2D eigenvalue weighted by Gasteiger charge is 2.32. The molecule has 0 bridgehead atoms. The summed E-state index contributed by atoms with van der Waals surface area (Å²) in [5.41, 5.74) is 2.42. The fraction of sp³-hybridized carbons (Fsp3) is 0.0667. The Morgan fingerprint density at radius 1 is 1.03 bits per heavy atom. The summed E-state index contributed by atoms with van der Waals surface area (Å²) < 4.78 is 13.6. The van der Waals surface area contributed by atoms with Gasteiger partial charge in [-0.1, -0.05) is 53.3 Å². The van der Waals surface area contributed by atoms with Gasteiger partial charge in [-0.15, -0.1) is 0 Å². The second-order valence-corrected chi connectivity index (χ2v) is 10.3. The maximum atomic E-state index is 13.6. The maximum Gasteiger partial charge on any atom is 0.242 e. The molecular weight excluding hydrogens is 536 g/mol. The zero-order valence-corrected chi connectivity index (χ0v) is 22.2. The molecule has 194 valence electrons. The van der Waals surface area contributed by atoms with Crippen molar-refractivity contribution in [3.63, 3.8) is 0 Å². The minimum Gasteiger partial charge on any atom is -0.503 e. The Kier molecular flexibility index (Phi) is 6.34. The third-order valence-corrected chi connectivity index (χ3v) is 7.46. The van der Waals surface area contributed by atoms with Crippen LogP contribution in [-0.4, -0.2) is 25.5 Å². The van der Waals surface area contributed by atoms with E-state index in [1.165, 1.54) is 22.0 Å². The summed E-state index contributed by atoms with van der Waals surface area (Å²) in [5.74, 6) is -0.431. The zero-order valence-electron chi connectivity index (χ0n) is 20.6. The number of ether oxygens (including phenoxy) is 1. The van der Waals surface area contributed by atoms with Crippen LogP contribution in [0.4, 0.5) is 0 Å². The molecule has 0 spiro atoms. The molecule has 0 amide bonds. The second-order valence-electron chi connectivity index (χ2n) is 8.88. The van der Waals surface area contributed by atoms with E-state index >= 15 is 0 Å². The summed E-state index contributed by atoms with van der Waals surface area (Å²) in [4.78, 5) is 18.2. The molecule has 0 saturated carbocycles. The molecule has 0 saturated heterocycles. The van der Waals surface area contributed by atoms with Gasteiger partial charge in [-0.05, 0) is 72.6 Å². The van der Waals surface area contributed by atoms with Crippen molar-refractivity contribution in [1.82, 2.24) is 9.55 Å². The van der Waals surface area contributed by atoms with Crippen LogP contribution in [0, 0.1) is 6.92 Å². The number of hydrogen-bond acceptors (Lipinski definition) is 7. The predicted molar refractivity (Wildman–Crippen MR) is 150 cm³/mol. The minimum atomic E-state index is -0.571. The van der Waals surface area contributed by atoms with Gasteiger partial charge in [-0.25, -0.2) is 4.98 Å². The van der Waals surface area contributed by atoms with Gasteiger partial charge < -0.3 is 19.4 Å². The fourth-order valence-electron chi connectivity index (χ4n) is 4.33. The summed E-state index contributed by atoms with van der Waals surface area (Å²) in [6, 6.07) is 25.3. The van der Waals surface area contributed by atoms with Gasteiger partial charge >= 0.3 is 0 Å². The second kappa shape index (κ2) is 9.98. The van der Waals surface area contributed by atoms with Crippen molar-refractivity contribution < 1.29 is 24.2 Å². The Hall–Kier alpha value is -4.53. The Balaban J connectivity index is 1.47. The smallest absolute Gasteiger partial charge is 0.242 e. The quantitative estimate of drug-likeness (QED) is 0.197. The number of thiazole rings is 1. The molecule has 9 heteroatoms. The topological polar surface area (TPSA) is 97.7 Å². The summed E-state index contributed by atoms with van der Waals surface area (Å²) in [6.45, 7) is 2.12. The molecule has 0 aliphatic rings. The number of furan rings is 1. The van der Waals surface area contributed by atoms with Crippen LogP contribution < -0.4 is 4.74 Å². The molecule has 2 N–H and O–H groups in total. The van der Waals surface area contributed by atoms with E-state index in [-0.39, 0.29) is 17.0 Å². The fourth-order valence-corrected chi connectivity index (χ4v) is 5.58. The highest BCUT2D eigenvalue weighted by Crippen LogP contribution is 2.45. The van der Waals surface area contributed by atoms with Crippen LogP contribution in [0.25, 0.3) is 26.6 Å². The lowest BCUT2D eigenvalue weighted by atomic mass is 10.0. The van der Waals surface area contributed by atoms with E-state index in [9.17, 15) is 15.0 Å². The first kappa shape index (κ1) is 24.8. The number of aryl methyl sites for hydroxylation is 1. The number of hydrogen-bond donors (Lipinski definition) is 2. The lowest BCUT2D eigenvalue weighted by Crippen LogP contribution is -2.04. The van der Waals surface area contributed by atoms with Gasteiger partial charge in [-0.2, -0.15) is 0 Å². The van der Waals surface area contributed by atoms with Gasteiger partial charge in [0.1, 0.15) is 18.1 Å². The number of aromatic hydroxyl groups is 2. The van der Waals surface area contributed by atoms with Crippen LogP contribution in [0.2, 0.25) is 5.02 Å². The highest BCUT2D eigenvalue weighted by atomic mass is 35.5. The van der Waals surface area contributed by atoms with Gasteiger partial charge in [0.05, 0.1) is 21.5 Å². The number of ketones is 1. The lowest BCUT2D eigenvalue weighted by Gasteiger charge is -2.11. The Morgan fingerprint density at radius 3 is 2.51 bits per heavy atom. The maximum absolute atomic E-state index is 13.6.